The minimum Gasteiger partial charge on any atom is -0.354 e. The maximum absolute atomic E-state index is 12.8. The number of para-hydroxylation sites is 1. The molecule has 134 valence electrons. The molecule has 1 aromatic heterocycles. The molecule has 0 saturated carbocycles. The van der Waals surface area contributed by atoms with E-state index >= 15 is 0 Å². The monoisotopic (exact) mass is 349 g/mol. The Balaban J connectivity index is 1.64. The Morgan fingerprint density at radius 3 is 2.77 bits per heavy atom. The summed E-state index contributed by atoms with van der Waals surface area (Å²) in [5.74, 6) is 0.0953. The summed E-state index contributed by atoms with van der Waals surface area (Å²) in [7, 11) is 2.07. The van der Waals surface area contributed by atoms with Gasteiger partial charge in [0.05, 0.1) is 6.42 Å². The highest BCUT2D eigenvalue weighted by atomic mass is 16.2. The van der Waals surface area contributed by atoms with E-state index in [1.807, 2.05) is 30.0 Å². The first-order chi connectivity index (χ1) is 12.5. The summed E-state index contributed by atoms with van der Waals surface area (Å²) in [6.07, 6.45) is 0.732. The number of aryl methyl sites for hydroxylation is 1. The van der Waals surface area contributed by atoms with Crippen molar-refractivity contribution in [2.75, 3.05) is 13.1 Å². The molecule has 2 amide bonds. The Kier molecular flexibility index (Phi) is 4.15. The third kappa shape index (κ3) is 2.83. The van der Waals surface area contributed by atoms with Crippen molar-refractivity contribution in [3.05, 3.63) is 48.0 Å². The van der Waals surface area contributed by atoms with E-state index in [1.165, 1.54) is 21.8 Å². The van der Waals surface area contributed by atoms with E-state index in [4.69, 9.17) is 0 Å². The van der Waals surface area contributed by atoms with Gasteiger partial charge in [0.15, 0.2) is 0 Å². The molecule has 26 heavy (non-hydrogen) atoms. The first-order valence-corrected chi connectivity index (χ1v) is 9.07. The fourth-order valence-electron chi connectivity index (χ4n) is 3.87. The van der Waals surface area contributed by atoms with Crippen LogP contribution >= 0.6 is 0 Å². The zero-order chi connectivity index (χ0) is 18.3. The first-order valence-electron chi connectivity index (χ1n) is 9.07. The number of carbonyl (C=O) groups excluding carboxylic acids is 2. The van der Waals surface area contributed by atoms with Gasteiger partial charge in [-0.3, -0.25) is 9.59 Å². The Bertz CT molecular complexity index is 1010. The fraction of sp³-hybridized carbons (Fsp3) is 0.333. The predicted octanol–water partition coefficient (Wildman–Crippen LogP) is 2.61. The van der Waals surface area contributed by atoms with Crippen molar-refractivity contribution in [2.24, 2.45) is 7.05 Å². The minimum absolute atomic E-state index is 0.0179. The number of amides is 2. The zero-order valence-corrected chi connectivity index (χ0v) is 15.2. The Labute approximate surface area is 152 Å². The van der Waals surface area contributed by atoms with Crippen molar-refractivity contribution in [2.45, 2.75) is 25.8 Å². The predicted molar refractivity (Wildman–Crippen MR) is 103 cm³/mol. The average Bonchev–Trinajstić information content (AvgIpc) is 2.80. The second-order valence-corrected chi connectivity index (χ2v) is 7.09. The number of hydrogen-bond donors (Lipinski definition) is 1. The Hall–Kier alpha value is -2.82. The number of fused-ring (bicyclic) bond motifs is 3. The van der Waals surface area contributed by atoms with Gasteiger partial charge in [0, 0.05) is 54.4 Å². The van der Waals surface area contributed by atoms with Gasteiger partial charge in [-0.25, -0.2) is 0 Å². The molecule has 5 nitrogen and oxygen atoms in total. The molecule has 0 bridgehead atoms. The minimum atomic E-state index is 0.0179. The van der Waals surface area contributed by atoms with E-state index < -0.39 is 0 Å². The quantitative estimate of drug-likeness (QED) is 0.773. The average molecular weight is 349 g/mol. The van der Waals surface area contributed by atoms with Crippen LogP contribution in [0.5, 0.6) is 0 Å². The maximum atomic E-state index is 12.8. The molecule has 1 atom stereocenters. The molecule has 1 saturated heterocycles. The van der Waals surface area contributed by atoms with Crippen molar-refractivity contribution >= 4 is 33.6 Å². The molecule has 0 aliphatic carbocycles. The van der Waals surface area contributed by atoms with Crippen molar-refractivity contribution in [3.63, 3.8) is 0 Å². The summed E-state index contributed by atoms with van der Waals surface area (Å²) in [5.41, 5.74) is 3.37. The van der Waals surface area contributed by atoms with E-state index in [1.54, 1.807) is 0 Å². The van der Waals surface area contributed by atoms with Crippen LogP contribution in [-0.2, 0) is 23.1 Å². The van der Waals surface area contributed by atoms with Crippen LogP contribution in [0.3, 0.4) is 0 Å². The summed E-state index contributed by atoms with van der Waals surface area (Å²) in [6.45, 7) is 2.99. The molecular weight excluding hydrogens is 326 g/mol. The summed E-state index contributed by atoms with van der Waals surface area (Å²) >= 11 is 0. The lowest BCUT2D eigenvalue weighted by atomic mass is 10.1. The van der Waals surface area contributed by atoms with Gasteiger partial charge in [-0.2, -0.15) is 0 Å². The van der Waals surface area contributed by atoms with Crippen molar-refractivity contribution in [1.29, 1.82) is 0 Å². The van der Waals surface area contributed by atoms with Gasteiger partial charge >= 0.3 is 0 Å². The van der Waals surface area contributed by atoms with Crippen LogP contribution in [-0.4, -0.2) is 40.4 Å². The molecule has 1 aliphatic rings. The molecule has 2 aromatic carbocycles. The molecule has 1 fully saturated rings. The van der Waals surface area contributed by atoms with E-state index in [0.29, 0.717) is 25.9 Å². The number of benzene rings is 2. The molecule has 0 radical (unpaired) electrons. The normalized spacial score (nSPS) is 18.2. The number of aromatic nitrogens is 1. The van der Waals surface area contributed by atoms with Gasteiger partial charge in [0.1, 0.15) is 0 Å². The van der Waals surface area contributed by atoms with Crippen LogP contribution in [0.2, 0.25) is 0 Å². The molecule has 4 rings (SSSR count). The molecule has 2 heterocycles. The second kappa shape index (κ2) is 6.48. The number of rotatable bonds is 2. The largest absolute Gasteiger partial charge is 0.354 e. The standard InChI is InChI=1S/C21H23N3O2/c1-14-13-22-20(25)9-10-24(14)21(26)12-15-7-8-19-17(11-15)16-5-3-4-6-18(16)23(19)2/h3-8,11,14H,9-10,12-13H2,1-2H3,(H,22,25). The summed E-state index contributed by atoms with van der Waals surface area (Å²) in [4.78, 5) is 26.2. The first kappa shape index (κ1) is 16.6. The van der Waals surface area contributed by atoms with Gasteiger partial charge in [-0.15, -0.1) is 0 Å². The second-order valence-electron chi connectivity index (χ2n) is 7.09. The highest BCUT2D eigenvalue weighted by molar-refractivity contribution is 6.08. The molecule has 5 heteroatoms. The van der Waals surface area contributed by atoms with Crippen LogP contribution in [0.15, 0.2) is 42.5 Å². The summed E-state index contributed by atoms with van der Waals surface area (Å²) in [6, 6.07) is 14.6. The Morgan fingerprint density at radius 2 is 1.92 bits per heavy atom. The molecule has 1 aliphatic heterocycles. The van der Waals surface area contributed by atoms with Crippen LogP contribution in [0.1, 0.15) is 18.9 Å². The number of nitrogens with zero attached hydrogens (tertiary/aromatic N) is 2. The summed E-state index contributed by atoms with van der Waals surface area (Å²) in [5, 5.41) is 5.24. The van der Waals surface area contributed by atoms with Crippen LogP contribution in [0, 0.1) is 0 Å². The third-order valence-corrected chi connectivity index (χ3v) is 5.36. The van der Waals surface area contributed by atoms with E-state index in [-0.39, 0.29) is 17.9 Å². The van der Waals surface area contributed by atoms with Gasteiger partial charge < -0.3 is 14.8 Å². The summed E-state index contributed by atoms with van der Waals surface area (Å²) < 4.78 is 2.18. The van der Waals surface area contributed by atoms with Crippen molar-refractivity contribution in [1.82, 2.24) is 14.8 Å². The smallest absolute Gasteiger partial charge is 0.227 e. The number of hydrogen-bond acceptors (Lipinski definition) is 2. The highest BCUT2D eigenvalue weighted by Gasteiger charge is 2.24. The lowest BCUT2D eigenvalue weighted by molar-refractivity contribution is -0.132. The highest BCUT2D eigenvalue weighted by Crippen LogP contribution is 2.29. The number of nitrogens with one attached hydrogen (secondary N) is 1. The van der Waals surface area contributed by atoms with Gasteiger partial charge in [-0.1, -0.05) is 24.3 Å². The molecular formula is C21H23N3O2. The van der Waals surface area contributed by atoms with Crippen molar-refractivity contribution < 1.29 is 9.59 Å². The van der Waals surface area contributed by atoms with Crippen molar-refractivity contribution in [3.8, 4) is 0 Å². The molecule has 1 N–H and O–H groups in total. The fourth-order valence-corrected chi connectivity index (χ4v) is 3.87. The van der Waals surface area contributed by atoms with Crippen LogP contribution < -0.4 is 5.32 Å². The number of carbonyl (C=O) groups is 2. The Morgan fingerprint density at radius 1 is 1.15 bits per heavy atom. The molecule has 0 spiro atoms. The zero-order valence-electron chi connectivity index (χ0n) is 15.2. The van der Waals surface area contributed by atoms with Crippen LogP contribution in [0.4, 0.5) is 0 Å². The van der Waals surface area contributed by atoms with Gasteiger partial charge in [-0.05, 0) is 30.7 Å². The lowest BCUT2D eigenvalue weighted by Gasteiger charge is -2.26. The van der Waals surface area contributed by atoms with Gasteiger partial charge in [0.2, 0.25) is 11.8 Å². The maximum Gasteiger partial charge on any atom is 0.227 e. The van der Waals surface area contributed by atoms with E-state index in [2.05, 4.69) is 41.2 Å². The topological polar surface area (TPSA) is 54.3 Å². The SMILES string of the molecule is CC1CNC(=O)CCN1C(=O)Cc1ccc2c(c1)c1ccccc1n2C. The molecule has 3 aromatic rings. The van der Waals surface area contributed by atoms with E-state index in [9.17, 15) is 9.59 Å². The lowest BCUT2D eigenvalue weighted by Crippen LogP contribution is -2.42. The third-order valence-electron chi connectivity index (χ3n) is 5.36. The van der Waals surface area contributed by atoms with E-state index in [0.717, 1.165) is 5.56 Å². The van der Waals surface area contributed by atoms with Gasteiger partial charge in [0.25, 0.3) is 0 Å². The van der Waals surface area contributed by atoms with Crippen LogP contribution in [0.25, 0.3) is 21.8 Å². The molecule has 1 unspecified atom stereocenters.